The Hall–Kier alpha value is -2.07. The van der Waals surface area contributed by atoms with Crippen molar-refractivity contribution in [3.63, 3.8) is 0 Å². The zero-order valence-corrected chi connectivity index (χ0v) is 20.6. The van der Waals surface area contributed by atoms with E-state index in [0.29, 0.717) is 39.1 Å². The molecule has 5 rings (SSSR count). The molecule has 34 heavy (non-hydrogen) atoms. The lowest BCUT2D eigenvalue weighted by Gasteiger charge is -2.48. The topological polar surface area (TPSA) is 67.7 Å². The number of rotatable bonds is 7. The maximum atomic E-state index is 13.5. The van der Waals surface area contributed by atoms with Crippen LogP contribution in [0, 0.1) is 11.2 Å². The summed E-state index contributed by atoms with van der Waals surface area (Å²) in [4.78, 5) is 2.41. The SMILES string of the molecule is CCCCS(=O)(=O)N1CCC2=Cc3c(cnn3-c3ccc(F)cc3)C[C@]2(CN2CCOCC2)C1. The van der Waals surface area contributed by atoms with Crippen LogP contribution in [0.4, 0.5) is 4.39 Å². The van der Waals surface area contributed by atoms with Crippen molar-refractivity contribution >= 4 is 16.1 Å². The number of benzene rings is 1. The van der Waals surface area contributed by atoms with E-state index in [1.54, 1.807) is 16.4 Å². The van der Waals surface area contributed by atoms with Crippen molar-refractivity contribution in [1.82, 2.24) is 19.0 Å². The largest absolute Gasteiger partial charge is 0.379 e. The number of nitrogens with zero attached hydrogens (tertiary/aromatic N) is 4. The van der Waals surface area contributed by atoms with Crippen molar-refractivity contribution < 1.29 is 17.5 Å². The molecule has 2 aromatic rings. The molecule has 7 nitrogen and oxygen atoms in total. The molecule has 3 heterocycles. The fourth-order valence-corrected chi connectivity index (χ4v) is 7.24. The molecule has 0 N–H and O–H groups in total. The van der Waals surface area contributed by atoms with Crippen LogP contribution in [0.1, 0.15) is 37.4 Å². The lowest BCUT2D eigenvalue weighted by Crippen LogP contribution is -2.55. The molecule has 1 aromatic heterocycles. The van der Waals surface area contributed by atoms with Crippen LogP contribution in [0.15, 0.2) is 36.0 Å². The first kappa shape index (κ1) is 23.7. The number of hydrogen-bond acceptors (Lipinski definition) is 5. The summed E-state index contributed by atoms with van der Waals surface area (Å²) >= 11 is 0. The average molecular weight is 489 g/mol. The summed E-state index contributed by atoms with van der Waals surface area (Å²) in [5.74, 6) is -0.0616. The van der Waals surface area contributed by atoms with Gasteiger partial charge in [-0.05, 0) is 55.2 Å². The van der Waals surface area contributed by atoms with E-state index >= 15 is 0 Å². The molecule has 2 aliphatic heterocycles. The van der Waals surface area contributed by atoms with Gasteiger partial charge in [-0.1, -0.05) is 18.9 Å². The first-order chi connectivity index (χ1) is 16.4. The normalized spacial score (nSPS) is 23.9. The number of sulfonamides is 1. The van der Waals surface area contributed by atoms with Crippen LogP contribution in [0.3, 0.4) is 0 Å². The molecule has 0 bridgehead atoms. The molecule has 2 saturated heterocycles. The van der Waals surface area contributed by atoms with E-state index in [2.05, 4.69) is 16.1 Å². The van der Waals surface area contributed by atoms with Crippen LogP contribution in [0.25, 0.3) is 11.8 Å². The van der Waals surface area contributed by atoms with E-state index in [1.165, 1.54) is 17.7 Å². The van der Waals surface area contributed by atoms with Crippen LogP contribution in [0.2, 0.25) is 0 Å². The van der Waals surface area contributed by atoms with Crippen molar-refractivity contribution in [2.75, 3.05) is 51.7 Å². The average Bonchev–Trinajstić information content (AvgIpc) is 3.24. The molecule has 0 amide bonds. The van der Waals surface area contributed by atoms with Crippen LogP contribution in [0.5, 0.6) is 0 Å². The molecule has 2 fully saturated rings. The fourth-order valence-electron chi connectivity index (χ4n) is 5.51. The Balaban J connectivity index is 1.49. The smallest absolute Gasteiger partial charge is 0.214 e. The second-order valence-electron chi connectivity index (χ2n) is 9.71. The number of fused-ring (bicyclic) bond motifs is 2. The number of halogens is 1. The summed E-state index contributed by atoms with van der Waals surface area (Å²) in [5.41, 5.74) is 3.95. The Morgan fingerprint density at radius 2 is 1.91 bits per heavy atom. The summed E-state index contributed by atoms with van der Waals surface area (Å²) in [6, 6.07) is 6.36. The van der Waals surface area contributed by atoms with Gasteiger partial charge in [-0.2, -0.15) is 5.10 Å². The Labute approximate surface area is 201 Å². The van der Waals surface area contributed by atoms with Gasteiger partial charge in [0.25, 0.3) is 0 Å². The van der Waals surface area contributed by atoms with Gasteiger partial charge in [0.1, 0.15) is 5.82 Å². The molecule has 1 atom stereocenters. The van der Waals surface area contributed by atoms with E-state index in [1.807, 2.05) is 17.8 Å². The lowest BCUT2D eigenvalue weighted by atomic mass is 9.68. The van der Waals surface area contributed by atoms with Gasteiger partial charge in [-0.25, -0.2) is 21.8 Å². The second kappa shape index (κ2) is 9.53. The number of ether oxygens (including phenoxy) is 1. The summed E-state index contributed by atoms with van der Waals surface area (Å²) in [5, 5.41) is 4.63. The van der Waals surface area contributed by atoms with Gasteiger partial charge in [0.15, 0.2) is 0 Å². The van der Waals surface area contributed by atoms with Crippen LogP contribution >= 0.6 is 0 Å². The number of hydrogen-bond donors (Lipinski definition) is 0. The first-order valence-electron chi connectivity index (χ1n) is 12.2. The minimum absolute atomic E-state index is 0.212. The molecular formula is C25H33FN4O3S. The van der Waals surface area contributed by atoms with Crippen molar-refractivity contribution in [2.45, 2.75) is 32.6 Å². The number of piperidine rings is 1. The van der Waals surface area contributed by atoms with E-state index in [4.69, 9.17) is 4.74 Å². The molecule has 0 radical (unpaired) electrons. The number of morpholine rings is 1. The zero-order valence-electron chi connectivity index (χ0n) is 19.7. The van der Waals surface area contributed by atoms with Crippen LogP contribution < -0.4 is 0 Å². The Morgan fingerprint density at radius 1 is 1.15 bits per heavy atom. The summed E-state index contributed by atoms with van der Waals surface area (Å²) in [7, 11) is -3.29. The molecule has 0 saturated carbocycles. The minimum Gasteiger partial charge on any atom is -0.379 e. The van der Waals surface area contributed by atoms with Gasteiger partial charge < -0.3 is 4.74 Å². The lowest BCUT2D eigenvalue weighted by molar-refractivity contribution is 0.0153. The quantitative estimate of drug-likeness (QED) is 0.599. The Bertz CT molecular complexity index is 1160. The Morgan fingerprint density at radius 3 is 2.65 bits per heavy atom. The molecule has 1 aromatic carbocycles. The van der Waals surface area contributed by atoms with E-state index in [-0.39, 0.29) is 17.0 Å². The zero-order chi connectivity index (χ0) is 23.8. The van der Waals surface area contributed by atoms with Gasteiger partial charge in [-0.3, -0.25) is 4.90 Å². The number of aromatic nitrogens is 2. The molecule has 1 aliphatic carbocycles. The van der Waals surface area contributed by atoms with Crippen LogP contribution in [-0.4, -0.2) is 79.1 Å². The van der Waals surface area contributed by atoms with Crippen molar-refractivity contribution in [2.24, 2.45) is 5.41 Å². The molecule has 0 spiro atoms. The van der Waals surface area contributed by atoms with E-state index in [0.717, 1.165) is 49.4 Å². The highest BCUT2D eigenvalue weighted by Gasteiger charge is 2.46. The van der Waals surface area contributed by atoms with Crippen molar-refractivity contribution in [3.8, 4) is 5.69 Å². The molecule has 184 valence electrons. The first-order valence-corrected chi connectivity index (χ1v) is 13.8. The van der Waals surface area contributed by atoms with Crippen LogP contribution in [-0.2, 0) is 21.2 Å². The standard InChI is InChI=1S/C25H33FN4O3S/c1-2-3-14-34(31,32)29-9-8-21-15-24-20(17-27-30(24)23-6-4-22(26)5-7-23)16-25(21,19-29)18-28-10-12-33-13-11-28/h4-7,15,17H,2-3,8-14,16,18-19H2,1H3/t25-/m0/s1. The molecule has 0 unspecified atom stereocenters. The highest BCUT2D eigenvalue weighted by atomic mass is 32.2. The van der Waals surface area contributed by atoms with Crippen molar-refractivity contribution in [3.05, 3.63) is 53.1 Å². The monoisotopic (exact) mass is 488 g/mol. The predicted molar refractivity (Wildman–Crippen MR) is 130 cm³/mol. The predicted octanol–water partition coefficient (Wildman–Crippen LogP) is 3.11. The van der Waals surface area contributed by atoms with Gasteiger partial charge in [0.2, 0.25) is 10.0 Å². The van der Waals surface area contributed by atoms with Gasteiger partial charge in [0.05, 0.1) is 36.5 Å². The highest BCUT2D eigenvalue weighted by molar-refractivity contribution is 7.89. The fraction of sp³-hybridized carbons (Fsp3) is 0.560. The summed E-state index contributed by atoms with van der Waals surface area (Å²) in [6.45, 7) is 6.99. The van der Waals surface area contributed by atoms with Crippen molar-refractivity contribution in [1.29, 1.82) is 0 Å². The summed E-state index contributed by atoms with van der Waals surface area (Å²) < 4.78 is 48.9. The third-order valence-corrected chi connectivity index (χ3v) is 9.27. The second-order valence-corrected chi connectivity index (χ2v) is 11.8. The molecular weight excluding hydrogens is 455 g/mol. The summed E-state index contributed by atoms with van der Waals surface area (Å²) in [6.07, 6.45) is 7.11. The molecule has 3 aliphatic rings. The maximum Gasteiger partial charge on any atom is 0.214 e. The third-order valence-electron chi connectivity index (χ3n) is 7.37. The van der Waals surface area contributed by atoms with E-state index in [9.17, 15) is 12.8 Å². The molecule has 9 heteroatoms. The third kappa shape index (κ3) is 4.58. The highest BCUT2D eigenvalue weighted by Crippen LogP contribution is 2.45. The van der Waals surface area contributed by atoms with Gasteiger partial charge in [0, 0.05) is 38.1 Å². The van der Waals surface area contributed by atoms with Gasteiger partial charge in [-0.15, -0.1) is 0 Å². The van der Waals surface area contributed by atoms with Gasteiger partial charge >= 0.3 is 0 Å². The Kier molecular flexibility index (Phi) is 6.63. The number of unbranched alkanes of at least 4 members (excludes halogenated alkanes) is 1. The van der Waals surface area contributed by atoms with E-state index < -0.39 is 10.0 Å². The minimum atomic E-state index is -3.29. The maximum absolute atomic E-state index is 13.5.